The lowest BCUT2D eigenvalue weighted by Gasteiger charge is -2.07. The Morgan fingerprint density at radius 3 is 2.83 bits per heavy atom. The number of phenols is 1. The van der Waals surface area contributed by atoms with E-state index in [4.69, 9.17) is 17.5 Å². The van der Waals surface area contributed by atoms with Gasteiger partial charge in [0.25, 0.3) is 0 Å². The van der Waals surface area contributed by atoms with E-state index in [1.807, 2.05) is 6.92 Å². The van der Waals surface area contributed by atoms with Crippen LogP contribution in [-0.4, -0.2) is 5.11 Å². The lowest BCUT2D eigenvalue weighted by atomic mass is 10.1. The van der Waals surface area contributed by atoms with E-state index in [1.165, 1.54) is 0 Å². The van der Waals surface area contributed by atoms with Crippen LogP contribution in [0.5, 0.6) is 5.75 Å². The first-order valence-corrected chi connectivity index (χ1v) is 3.83. The Morgan fingerprint density at radius 2 is 2.25 bits per heavy atom. The van der Waals surface area contributed by atoms with Crippen LogP contribution in [0.4, 0.5) is 0 Å². The second-order valence-electron chi connectivity index (χ2n) is 2.50. The minimum absolute atomic E-state index is 0.0436. The number of benzene rings is 1. The van der Waals surface area contributed by atoms with Gasteiger partial charge in [-0.3, -0.25) is 4.84 Å². The Morgan fingerprint density at radius 1 is 1.58 bits per heavy atom. The lowest BCUT2D eigenvalue weighted by molar-refractivity contribution is 0.122. The van der Waals surface area contributed by atoms with Gasteiger partial charge in [-0.25, -0.2) is 5.90 Å². The van der Waals surface area contributed by atoms with Crippen molar-refractivity contribution in [3.63, 3.8) is 0 Å². The normalized spacial score (nSPS) is 10.2. The number of phenolic OH excluding ortho intramolecular Hbond substituents is 1. The van der Waals surface area contributed by atoms with Gasteiger partial charge >= 0.3 is 0 Å². The molecule has 3 nitrogen and oxygen atoms in total. The van der Waals surface area contributed by atoms with Crippen LogP contribution in [-0.2, 0) is 11.4 Å². The molecule has 1 rings (SSSR count). The van der Waals surface area contributed by atoms with E-state index in [9.17, 15) is 5.11 Å². The molecule has 0 amide bonds. The summed E-state index contributed by atoms with van der Waals surface area (Å²) in [6.07, 6.45) is 0. The van der Waals surface area contributed by atoms with Gasteiger partial charge in [0.1, 0.15) is 5.75 Å². The van der Waals surface area contributed by atoms with E-state index in [-0.39, 0.29) is 12.4 Å². The molecule has 12 heavy (non-hydrogen) atoms. The fourth-order valence-corrected chi connectivity index (χ4v) is 1.15. The molecule has 0 aliphatic rings. The summed E-state index contributed by atoms with van der Waals surface area (Å²) in [5.41, 5.74) is 1.53. The first-order valence-electron chi connectivity index (χ1n) is 3.45. The van der Waals surface area contributed by atoms with Gasteiger partial charge in [-0.05, 0) is 18.6 Å². The maximum absolute atomic E-state index is 9.44. The van der Waals surface area contributed by atoms with Crippen LogP contribution in [0.2, 0.25) is 5.02 Å². The molecule has 0 radical (unpaired) electrons. The van der Waals surface area contributed by atoms with Crippen molar-refractivity contribution in [1.82, 2.24) is 0 Å². The summed E-state index contributed by atoms with van der Waals surface area (Å²) in [6.45, 7) is 2.02. The standard InChI is InChI=1S/C8H10ClNO2/c1-5-2-3-7(9)8(11)6(5)4-12-10/h2-3,11H,4,10H2,1H3. The minimum Gasteiger partial charge on any atom is -0.506 e. The molecular formula is C8H10ClNO2. The molecule has 0 atom stereocenters. The molecule has 0 fully saturated rings. The molecule has 0 aliphatic carbocycles. The maximum Gasteiger partial charge on any atom is 0.140 e. The Hall–Kier alpha value is -0.770. The minimum atomic E-state index is 0.0436. The second kappa shape index (κ2) is 3.76. The third-order valence-corrected chi connectivity index (χ3v) is 2.00. The van der Waals surface area contributed by atoms with Gasteiger partial charge in [0.05, 0.1) is 11.6 Å². The molecule has 0 bridgehead atoms. The van der Waals surface area contributed by atoms with Crippen LogP contribution in [0, 0.1) is 6.92 Å². The number of aryl methyl sites for hydroxylation is 1. The molecular weight excluding hydrogens is 178 g/mol. The summed E-state index contributed by atoms with van der Waals surface area (Å²) < 4.78 is 0. The first kappa shape index (κ1) is 9.32. The molecule has 3 N–H and O–H groups in total. The first-order chi connectivity index (χ1) is 5.66. The number of aromatic hydroxyl groups is 1. The molecule has 1 aromatic rings. The molecule has 1 aromatic carbocycles. The SMILES string of the molecule is Cc1ccc(Cl)c(O)c1CON. The Labute approximate surface area is 75.7 Å². The predicted octanol–water partition coefficient (Wildman–Crippen LogP) is 1.74. The molecule has 0 aliphatic heterocycles. The molecule has 0 heterocycles. The molecule has 0 saturated heterocycles. The van der Waals surface area contributed by atoms with Crippen molar-refractivity contribution >= 4 is 11.6 Å². The van der Waals surface area contributed by atoms with Crippen molar-refractivity contribution in [2.24, 2.45) is 5.90 Å². The van der Waals surface area contributed by atoms with E-state index < -0.39 is 0 Å². The Balaban J connectivity index is 3.14. The summed E-state index contributed by atoms with van der Waals surface area (Å²) in [6, 6.07) is 3.43. The largest absolute Gasteiger partial charge is 0.506 e. The molecule has 66 valence electrons. The highest BCUT2D eigenvalue weighted by Gasteiger charge is 2.07. The monoisotopic (exact) mass is 187 g/mol. The van der Waals surface area contributed by atoms with Crippen molar-refractivity contribution in [3.8, 4) is 5.75 Å². The van der Waals surface area contributed by atoms with Gasteiger partial charge in [0, 0.05) is 5.56 Å². The van der Waals surface area contributed by atoms with E-state index in [1.54, 1.807) is 12.1 Å². The van der Waals surface area contributed by atoms with Gasteiger partial charge in [0.15, 0.2) is 0 Å². The highest BCUT2D eigenvalue weighted by atomic mass is 35.5. The van der Waals surface area contributed by atoms with E-state index >= 15 is 0 Å². The van der Waals surface area contributed by atoms with Crippen molar-refractivity contribution in [2.45, 2.75) is 13.5 Å². The third kappa shape index (κ3) is 1.69. The highest BCUT2D eigenvalue weighted by molar-refractivity contribution is 6.32. The van der Waals surface area contributed by atoms with Crippen LogP contribution >= 0.6 is 11.6 Å². The van der Waals surface area contributed by atoms with Crippen molar-refractivity contribution in [2.75, 3.05) is 0 Å². The molecule has 0 aromatic heterocycles. The van der Waals surface area contributed by atoms with Crippen LogP contribution in [0.3, 0.4) is 0 Å². The van der Waals surface area contributed by atoms with E-state index in [2.05, 4.69) is 4.84 Å². The Bertz CT molecular complexity index is 289. The maximum atomic E-state index is 9.44. The number of rotatable bonds is 2. The van der Waals surface area contributed by atoms with Crippen LogP contribution in [0.15, 0.2) is 12.1 Å². The van der Waals surface area contributed by atoms with Gasteiger partial charge in [-0.2, -0.15) is 0 Å². The second-order valence-corrected chi connectivity index (χ2v) is 2.91. The Kier molecular flexibility index (Phi) is 2.92. The zero-order valence-electron chi connectivity index (χ0n) is 6.67. The quantitative estimate of drug-likeness (QED) is 0.694. The van der Waals surface area contributed by atoms with Crippen molar-refractivity contribution < 1.29 is 9.94 Å². The fraction of sp³-hybridized carbons (Fsp3) is 0.250. The van der Waals surface area contributed by atoms with E-state index in [0.29, 0.717) is 10.6 Å². The number of hydrogen-bond donors (Lipinski definition) is 2. The molecule has 0 spiro atoms. The number of halogens is 1. The summed E-state index contributed by atoms with van der Waals surface area (Å²) in [4.78, 5) is 4.43. The highest BCUT2D eigenvalue weighted by Crippen LogP contribution is 2.29. The number of nitrogens with two attached hydrogens (primary N) is 1. The van der Waals surface area contributed by atoms with Crippen LogP contribution in [0.25, 0.3) is 0 Å². The predicted molar refractivity (Wildman–Crippen MR) is 46.8 cm³/mol. The van der Waals surface area contributed by atoms with Crippen LogP contribution < -0.4 is 5.90 Å². The summed E-state index contributed by atoms with van der Waals surface area (Å²) in [7, 11) is 0. The molecule has 4 heteroatoms. The molecule has 0 saturated carbocycles. The third-order valence-electron chi connectivity index (χ3n) is 1.70. The van der Waals surface area contributed by atoms with Crippen molar-refractivity contribution in [3.05, 3.63) is 28.3 Å². The van der Waals surface area contributed by atoms with Gasteiger partial charge in [0.2, 0.25) is 0 Å². The lowest BCUT2D eigenvalue weighted by Crippen LogP contribution is -2.01. The van der Waals surface area contributed by atoms with Crippen LogP contribution in [0.1, 0.15) is 11.1 Å². The fourth-order valence-electron chi connectivity index (χ4n) is 0.974. The average molecular weight is 188 g/mol. The van der Waals surface area contributed by atoms with Gasteiger partial charge < -0.3 is 5.11 Å². The molecule has 0 unspecified atom stereocenters. The van der Waals surface area contributed by atoms with Gasteiger partial charge in [-0.15, -0.1) is 0 Å². The zero-order chi connectivity index (χ0) is 9.14. The number of hydrogen-bond acceptors (Lipinski definition) is 3. The van der Waals surface area contributed by atoms with Crippen molar-refractivity contribution in [1.29, 1.82) is 0 Å². The summed E-state index contributed by atoms with van der Waals surface area (Å²) >= 11 is 5.68. The topological polar surface area (TPSA) is 55.5 Å². The van der Waals surface area contributed by atoms with Gasteiger partial charge in [-0.1, -0.05) is 17.7 Å². The summed E-state index contributed by atoms with van der Waals surface area (Å²) in [5, 5.41) is 9.75. The smallest absolute Gasteiger partial charge is 0.140 e. The van der Waals surface area contributed by atoms with E-state index in [0.717, 1.165) is 5.56 Å². The summed E-state index contributed by atoms with van der Waals surface area (Å²) in [5.74, 6) is 4.94. The average Bonchev–Trinajstić information content (AvgIpc) is 2.06. The zero-order valence-corrected chi connectivity index (χ0v) is 7.43.